The van der Waals surface area contributed by atoms with Crippen molar-refractivity contribution >= 4 is 22.5 Å². The van der Waals surface area contributed by atoms with Crippen LogP contribution in [-0.2, 0) is 6.42 Å². The molecule has 1 aromatic heterocycles. The van der Waals surface area contributed by atoms with E-state index in [4.69, 9.17) is 0 Å². The molecule has 1 amide bonds. The average molecular weight is 542 g/mol. The molecule has 0 bridgehead atoms. The second-order valence-electron chi connectivity index (χ2n) is 11.2. The Morgan fingerprint density at radius 3 is 2.12 bits per heavy atom. The minimum absolute atomic E-state index is 0.0684. The summed E-state index contributed by atoms with van der Waals surface area (Å²) in [5, 5.41) is 8.12. The number of carbonyl (C=O) groups is 1. The predicted octanol–water partition coefficient (Wildman–Crippen LogP) is 8.34. The summed E-state index contributed by atoms with van der Waals surface area (Å²) in [5.41, 5.74) is 7.35. The zero-order valence-corrected chi connectivity index (χ0v) is 24.0. The van der Waals surface area contributed by atoms with Crippen molar-refractivity contribution in [1.29, 1.82) is 0 Å². The van der Waals surface area contributed by atoms with Crippen LogP contribution in [0.3, 0.4) is 0 Å². The van der Waals surface area contributed by atoms with Gasteiger partial charge in [0.1, 0.15) is 5.69 Å². The standard InChI is InChI=1S/C37H39N3O/c1-3-13-27-21-23-30(24-22-27)39-37(41)36-35(34(28-14-6-4-7-15-28)29-16-8-5-9-17-29)31-18-10-11-20-33(31)40(36)26(2)32-19-12-25-38-32/h4-11,14-18,20-24,26,32,34,38H,3,12-13,19,25H2,1-2H3,(H,39,41). The van der Waals surface area contributed by atoms with Crippen LogP contribution in [0.5, 0.6) is 0 Å². The Morgan fingerprint density at radius 1 is 0.878 bits per heavy atom. The van der Waals surface area contributed by atoms with E-state index in [0.29, 0.717) is 6.04 Å². The lowest BCUT2D eigenvalue weighted by molar-refractivity contribution is 0.101. The van der Waals surface area contributed by atoms with Gasteiger partial charge in [-0.1, -0.05) is 104 Å². The maximum Gasteiger partial charge on any atom is 0.272 e. The van der Waals surface area contributed by atoms with E-state index in [2.05, 4.69) is 126 Å². The number of fused-ring (bicyclic) bond motifs is 1. The molecule has 4 heteroatoms. The van der Waals surface area contributed by atoms with Crippen LogP contribution in [0.2, 0.25) is 0 Å². The number of para-hydroxylation sites is 1. The van der Waals surface area contributed by atoms with Crippen LogP contribution in [0.15, 0.2) is 109 Å². The molecular weight excluding hydrogens is 502 g/mol. The first-order valence-corrected chi connectivity index (χ1v) is 15.0. The Bertz CT molecular complexity index is 1560. The maximum absolute atomic E-state index is 14.6. The van der Waals surface area contributed by atoms with E-state index < -0.39 is 0 Å². The molecule has 2 heterocycles. The van der Waals surface area contributed by atoms with Crippen molar-refractivity contribution in [3.05, 3.63) is 137 Å². The third kappa shape index (κ3) is 5.45. The van der Waals surface area contributed by atoms with Gasteiger partial charge < -0.3 is 15.2 Å². The van der Waals surface area contributed by atoms with Crippen molar-refractivity contribution < 1.29 is 4.79 Å². The highest BCUT2D eigenvalue weighted by molar-refractivity contribution is 6.09. The number of benzene rings is 4. The zero-order valence-electron chi connectivity index (χ0n) is 24.0. The molecule has 1 aliphatic rings. The van der Waals surface area contributed by atoms with Crippen LogP contribution in [0.4, 0.5) is 5.69 Å². The van der Waals surface area contributed by atoms with E-state index in [1.807, 2.05) is 12.1 Å². The number of nitrogens with one attached hydrogen (secondary N) is 2. The fraction of sp³-hybridized carbons (Fsp3) is 0.270. The van der Waals surface area contributed by atoms with Gasteiger partial charge in [-0.15, -0.1) is 0 Å². The Balaban J connectivity index is 1.57. The third-order valence-electron chi connectivity index (χ3n) is 8.56. The number of anilines is 1. The third-order valence-corrected chi connectivity index (χ3v) is 8.56. The number of rotatable bonds is 9. The van der Waals surface area contributed by atoms with Gasteiger partial charge in [-0.25, -0.2) is 0 Å². The fourth-order valence-electron chi connectivity index (χ4n) is 6.59. The highest BCUT2D eigenvalue weighted by Gasteiger charge is 2.34. The summed E-state index contributed by atoms with van der Waals surface area (Å²) < 4.78 is 2.31. The molecule has 0 aliphatic carbocycles. The first-order valence-electron chi connectivity index (χ1n) is 15.0. The maximum atomic E-state index is 14.6. The Hall–Kier alpha value is -4.15. The van der Waals surface area contributed by atoms with Gasteiger partial charge in [0.15, 0.2) is 0 Å². The monoisotopic (exact) mass is 541 g/mol. The minimum Gasteiger partial charge on any atom is -0.332 e. The summed E-state index contributed by atoms with van der Waals surface area (Å²) in [6.45, 7) is 5.46. The summed E-state index contributed by atoms with van der Waals surface area (Å²) in [6.07, 6.45) is 4.39. The number of nitrogens with zero attached hydrogens (tertiary/aromatic N) is 1. The SMILES string of the molecule is CCCc1ccc(NC(=O)c2c(C(c3ccccc3)c3ccccc3)c3ccccc3n2C(C)C2CCCN2)cc1. The molecule has 208 valence electrons. The van der Waals surface area contributed by atoms with Crippen LogP contribution in [0.1, 0.15) is 77.8 Å². The Morgan fingerprint density at radius 2 is 1.51 bits per heavy atom. The van der Waals surface area contributed by atoms with E-state index in [9.17, 15) is 4.79 Å². The van der Waals surface area contributed by atoms with E-state index in [1.54, 1.807) is 0 Å². The van der Waals surface area contributed by atoms with Crippen molar-refractivity contribution in [1.82, 2.24) is 9.88 Å². The molecule has 2 atom stereocenters. The van der Waals surface area contributed by atoms with Gasteiger partial charge in [-0.2, -0.15) is 0 Å². The number of amides is 1. The van der Waals surface area contributed by atoms with Crippen molar-refractivity contribution in [2.24, 2.45) is 0 Å². The zero-order chi connectivity index (χ0) is 28.2. The quantitative estimate of drug-likeness (QED) is 0.197. The molecule has 6 rings (SSSR count). The number of aryl methyl sites for hydroxylation is 1. The predicted molar refractivity (Wildman–Crippen MR) is 170 cm³/mol. The molecule has 4 aromatic carbocycles. The lowest BCUT2D eigenvalue weighted by atomic mass is 9.83. The molecule has 1 fully saturated rings. The van der Waals surface area contributed by atoms with Crippen molar-refractivity contribution in [2.75, 3.05) is 11.9 Å². The van der Waals surface area contributed by atoms with E-state index in [1.165, 1.54) is 16.7 Å². The number of carbonyl (C=O) groups excluding carboxylic acids is 1. The minimum atomic E-state index is -0.0973. The molecule has 0 saturated carbocycles. The molecule has 1 saturated heterocycles. The lowest BCUT2D eigenvalue weighted by Gasteiger charge is -2.26. The average Bonchev–Trinajstić information content (AvgIpc) is 3.67. The summed E-state index contributed by atoms with van der Waals surface area (Å²) >= 11 is 0. The second kappa shape index (κ2) is 12.2. The smallest absolute Gasteiger partial charge is 0.272 e. The number of hydrogen-bond donors (Lipinski definition) is 2. The van der Waals surface area contributed by atoms with Gasteiger partial charge in [0.2, 0.25) is 0 Å². The van der Waals surface area contributed by atoms with Crippen LogP contribution >= 0.6 is 0 Å². The molecule has 0 radical (unpaired) electrons. The van der Waals surface area contributed by atoms with Crippen molar-refractivity contribution in [3.8, 4) is 0 Å². The van der Waals surface area contributed by atoms with Crippen molar-refractivity contribution in [2.45, 2.75) is 57.5 Å². The molecule has 2 N–H and O–H groups in total. The second-order valence-corrected chi connectivity index (χ2v) is 11.2. The van der Waals surface area contributed by atoms with Gasteiger partial charge in [0, 0.05) is 40.2 Å². The van der Waals surface area contributed by atoms with Gasteiger partial charge in [0.05, 0.1) is 0 Å². The summed E-state index contributed by atoms with van der Waals surface area (Å²) in [4.78, 5) is 14.6. The molecule has 4 nitrogen and oxygen atoms in total. The first-order chi connectivity index (χ1) is 20.2. The van der Waals surface area contributed by atoms with Gasteiger partial charge in [-0.05, 0) is 67.6 Å². The lowest BCUT2D eigenvalue weighted by Crippen LogP contribution is -2.33. The normalized spacial score (nSPS) is 15.8. The van der Waals surface area contributed by atoms with Crippen molar-refractivity contribution in [3.63, 3.8) is 0 Å². The molecular formula is C37H39N3O. The Labute approximate surface area is 243 Å². The van der Waals surface area contributed by atoms with E-state index >= 15 is 0 Å². The van der Waals surface area contributed by atoms with Crippen LogP contribution < -0.4 is 10.6 Å². The van der Waals surface area contributed by atoms with Gasteiger partial charge in [-0.3, -0.25) is 4.79 Å². The van der Waals surface area contributed by atoms with Crippen LogP contribution in [0, 0.1) is 0 Å². The van der Waals surface area contributed by atoms with E-state index in [0.717, 1.165) is 60.1 Å². The molecule has 41 heavy (non-hydrogen) atoms. The Kier molecular flexibility index (Phi) is 8.02. The van der Waals surface area contributed by atoms with Gasteiger partial charge >= 0.3 is 0 Å². The molecule has 2 unspecified atom stereocenters. The summed E-state index contributed by atoms with van der Waals surface area (Å²) in [7, 11) is 0. The molecule has 5 aromatic rings. The fourth-order valence-corrected chi connectivity index (χ4v) is 6.59. The largest absolute Gasteiger partial charge is 0.332 e. The summed E-state index contributed by atoms with van der Waals surface area (Å²) in [5.74, 6) is -0.166. The molecule has 0 spiro atoms. The first kappa shape index (κ1) is 27.0. The number of hydrogen-bond acceptors (Lipinski definition) is 2. The van der Waals surface area contributed by atoms with E-state index in [-0.39, 0.29) is 17.9 Å². The topological polar surface area (TPSA) is 46.1 Å². The van der Waals surface area contributed by atoms with Gasteiger partial charge in [0.25, 0.3) is 5.91 Å². The summed E-state index contributed by atoms with van der Waals surface area (Å²) in [6, 6.07) is 38.5. The highest BCUT2D eigenvalue weighted by atomic mass is 16.2. The highest BCUT2D eigenvalue weighted by Crippen LogP contribution is 2.42. The van der Waals surface area contributed by atoms with Crippen LogP contribution in [0.25, 0.3) is 10.9 Å². The number of aromatic nitrogens is 1. The molecule has 1 aliphatic heterocycles. The van der Waals surface area contributed by atoms with Crippen LogP contribution in [-0.4, -0.2) is 23.1 Å².